The van der Waals surface area contributed by atoms with E-state index in [1.165, 1.54) is 6.20 Å². The maximum Gasteiger partial charge on any atom is 0.189 e. The maximum atomic E-state index is 8.41. The Balaban J connectivity index is 3.19. The third kappa shape index (κ3) is 1.35. The second kappa shape index (κ2) is 3.44. The third-order valence-electron chi connectivity index (χ3n) is 1.44. The number of nitrogens with two attached hydrogens (primary N) is 1. The van der Waals surface area contributed by atoms with Crippen molar-refractivity contribution in [2.24, 2.45) is 10.9 Å². The molecule has 1 heterocycles. The summed E-state index contributed by atoms with van der Waals surface area (Å²) in [4.78, 5) is 0. The molecule has 66 valence electrons. The van der Waals surface area contributed by atoms with Gasteiger partial charge in [-0.05, 0) is 6.92 Å². The van der Waals surface area contributed by atoms with Crippen LogP contribution >= 0.6 is 11.6 Å². The molecular weight excluding hydrogens is 180 g/mol. The van der Waals surface area contributed by atoms with E-state index in [-0.39, 0.29) is 5.84 Å². The molecule has 0 aliphatic heterocycles. The fraction of sp³-hybridized carbons (Fsp3) is 0.333. The Kier molecular flexibility index (Phi) is 2.54. The van der Waals surface area contributed by atoms with E-state index in [4.69, 9.17) is 22.5 Å². The highest BCUT2D eigenvalue weighted by atomic mass is 35.5. The molecule has 0 saturated carbocycles. The number of hydrogen-bond donors (Lipinski definition) is 2. The molecule has 0 bridgehead atoms. The van der Waals surface area contributed by atoms with Gasteiger partial charge < -0.3 is 10.9 Å². The van der Waals surface area contributed by atoms with E-state index in [0.717, 1.165) is 0 Å². The summed E-state index contributed by atoms with van der Waals surface area (Å²) in [7, 11) is 0. The predicted molar refractivity (Wildman–Crippen MR) is 45.4 cm³/mol. The van der Waals surface area contributed by atoms with Crippen molar-refractivity contribution in [3.8, 4) is 0 Å². The first kappa shape index (κ1) is 8.86. The smallest absolute Gasteiger partial charge is 0.189 e. The van der Waals surface area contributed by atoms with E-state index in [1.807, 2.05) is 6.92 Å². The molecule has 1 aromatic heterocycles. The molecule has 0 unspecified atom stereocenters. The summed E-state index contributed by atoms with van der Waals surface area (Å²) in [6, 6.07) is 0. The van der Waals surface area contributed by atoms with Gasteiger partial charge in [0, 0.05) is 6.54 Å². The van der Waals surface area contributed by atoms with Crippen molar-refractivity contribution in [2.45, 2.75) is 13.5 Å². The SMILES string of the molecule is CCn1ncc(Cl)c1/C(N)=N\O. The van der Waals surface area contributed by atoms with Crippen molar-refractivity contribution in [2.75, 3.05) is 0 Å². The Hall–Kier alpha value is -1.23. The number of aryl methyl sites for hydroxylation is 1. The van der Waals surface area contributed by atoms with Gasteiger partial charge in [-0.25, -0.2) is 0 Å². The van der Waals surface area contributed by atoms with Crippen LogP contribution in [0.3, 0.4) is 0 Å². The fourth-order valence-corrected chi connectivity index (χ4v) is 1.14. The molecule has 0 radical (unpaired) electrons. The van der Waals surface area contributed by atoms with Crippen molar-refractivity contribution in [3.05, 3.63) is 16.9 Å². The molecule has 0 amide bonds. The first-order chi connectivity index (χ1) is 5.70. The summed E-state index contributed by atoms with van der Waals surface area (Å²) >= 11 is 5.74. The van der Waals surface area contributed by atoms with Crippen LogP contribution in [0, 0.1) is 0 Å². The van der Waals surface area contributed by atoms with Crippen LogP contribution in [0.1, 0.15) is 12.6 Å². The van der Waals surface area contributed by atoms with Crippen molar-refractivity contribution < 1.29 is 5.21 Å². The average Bonchev–Trinajstić information content (AvgIpc) is 2.45. The third-order valence-corrected chi connectivity index (χ3v) is 1.72. The summed E-state index contributed by atoms with van der Waals surface area (Å²) in [6.45, 7) is 2.51. The van der Waals surface area contributed by atoms with Crippen molar-refractivity contribution in [3.63, 3.8) is 0 Å². The second-order valence-electron chi connectivity index (χ2n) is 2.14. The molecular formula is C6H9ClN4O. The molecule has 5 nitrogen and oxygen atoms in total. The van der Waals surface area contributed by atoms with Gasteiger partial charge in [0.05, 0.1) is 11.2 Å². The molecule has 12 heavy (non-hydrogen) atoms. The molecule has 0 spiro atoms. The summed E-state index contributed by atoms with van der Waals surface area (Å²) in [5.74, 6) is -0.0284. The van der Waals surface area contributed by atoms with E-state index in [0.29, 0.717) is 17.3 Å². The molecule has 0 saturated heterocycles. The number of nitrogens with zero attached hydrogens (tertiary/aromatic N) is 3. The van der Waals surface area contributed by atoms with Crippen molar-refractivity contribution in [1.82, 2.24) is 9.78 Å². The number of amidine groups is 1. The van der Waals surface area contributed by atoms with Crippen LogP contribution in [-0.2, 0) is 6.54 Å². The van der Waals surface area contributed by atoms with Crippen LogP contribution in [0.25, 0.3) is 0 Å². The number of hydrogen-bond acceptors (Lipinski definition) is 3. The van der Waals surface area contributed by atoms with Crippen molar-refractivity contribution >= 4 is 17.4 Å². The number of halogens is 1. The topological polar surface area (TPSA) is 76.4 Å². The van der Waals surface area contributed by atoms with Crippen molar-refractivity contribution in [1.29, 1.82) is 0 Å². The van der Waals surface area contributed by atoms with Crippen LogP contribution in [0.4, 0.5) is 0 Å². The summed E-state index contributed by atoms with van der Waals surface area (Å²) in [6.07, 6.45) is 1.46. The number of oxime groups is 1. The monoisotopic (exact) mass is 188 g/mol. The standard InChI is InChI=1S/C6H9ClN4O/c1-2-11-5(6(8)10-12)4(7)3-9-11/h3,12H,2H2,1H3,(H2,8,10). The summed E-state index contributed by atoms with van der Waals surface area (Å²) in [5, 5.41) is 15.6. The molecule has 0 aliphatic carbocycles. The van der Waals surface area contributed by atoms with Gasteiger partial charge in [-0.3, -0.25) is 4.68 Å². The highest BCUT2D eigenvalue weighted by Crippen LogP contribution is 2.14. The van der Waals surface area contributed by atoms with E-state index < -0.39 is 0 Å². The lowest BCUT2D eigenvalue weighted by atomic mass is 10.4. The molecule has 6 heteroatoms. The quantitative estimate of drug-likeness (QED) is 0.310. The van der Waals surface area contributed by atoms with Crippen LogP contribution < -0.4 is 5.73 Å². The molecule has 0 fully saturated rings. The first-order valence-electron chi connectivity index (χ1n) is 3.40. The minimum atomic E-state index is -0.0284. The van der Waals surface area contributed by atoms with E-state index in [1.54, 1.807) is 4.68 Å². The molecule has 1 rings (SSSR count). The maximum absolute atomic E-state index is 8.41. The van der Waals surface area contributed by atoms with Crippen LogP contribution in [0.2, 0.25) is 5.02 Å². The van der Waals surface area contributed by atoms with Gasteiger partial charge in [0.15, 0.2) is 5.84 Å². The lowest BCUT2D eigenvalue weighted by Crippen LogP contribution is -2.19. The Labute approximate surface area is 74.4 Å². The zero-order valence-corrected chi connectivity index (χ0v) is 7.28. The number of aromatic nitrogens is 2. The molecule has 0 atom stereocenters. The molecule has 3 N–H and O–H groups in total. The minimum Gasteiger partial charge on any atom is -0.409 e. The molecule has 1 aromatic rings. The summed E-state index contributed by atoms with van der Waals surface area (Å²) < 4.78 is 1.55. The highest BCUT2D eigenvalue weighted by molar-refractivity contribution is 6.33. The summed E-state index contributed by atoms with van der Waals surface area (Å²) in [5.41, 5.74) is 5.82. The van der Waals surface area contributed by atoms with Crippen LogP contribution in [-0.4, -0.2) is 20.8 Å². The highest BCUT2D eigenvalue weighted by Gasteiger charge is 2.11. The average molecular weight is 189 g/mol. The van der Waals surface area contributed by atoms with E-state index in [2.05, 4.69) is 10.3 Å². The first-order valence-corrected chi connectivity index (χ1v) is 3.77. The van der Waals surface area contributed by atoms with Gasteiger partial charge in [-0.15, -0.1) is 0 Å². The lowest BCUT2D eigenvalue weighted by molar-refractivity contribution is 0.318. The largest absolute Gasteiger partial charge is 0.409 e. The number of rotatable bonds is 2. The Morgan fingerprint density at radius 1 is 1.92 bits per heavy atom. The lowest BCUT2D eigenvalue weighted by Gasteiger charge is -2.01. The van der Waals surface area contributed by atoms with E-state index in [9.17, 15) is 0 Å². The van der Waals surface area contributed by atoms with E-state index >= 15 is 0 Å². The second-order valence-corrected chi connectivity index (χ2v) is 2.55. The van der Waals surface area contributed by atoms with Gasteiger partial charge in [-0.1, -0.05) is 16.8 Å². The van der Waals surface area contributed by atoms with Gasteiger partial charge >= 0.3 is 0 Å². The van der Waals surface area contributed by atoms with Crippen LogP contribution in [0.5, 0.6) is 0 Å². The minimum absolute atomic E-state index is 0.0284. The Morgan fingerprint density at radius 2 is 2.58 bits per heavy atom. The van der Waals surface area contributed by atoms with Gasteiger partial charge in [0.2, 0.25) is 0 Å². The fourth-order valence-electron chi connectivity index (χ4n) is 0.904. The molecule has 0 aliphatic rings. The van der Waals surface area contributed by atoms with Crippen LogP contribution in [0.15, 0.2) is 11.4 Å². The van der Waals surface area contributed by atoms with Gasteiger partial charge in [-0.2, -0.15) is 5.10 Å². The molecule has 0 aromatic carbocycles. The zero-order chi connectivity index (χ0) is 9.14. The predicted octanol–water partition coefficient (Wildman–Crippen LogP) is 0.651. The normalized spacial score (nSPS) is 12.0. The Bertz CT molecular complexity index is 306. The zero-order valence-electron chi connectivity index (χ0n) is 6.53. The van der Waals surface area contributed by atoms with Gasteiger partial charge in [0.1, 0.15) is 5.69 Å². The van der Waals surface area contributed by atoms with Gasteiger partial charge in [0.25, 0.3) is 0 Å². The Morgan fingerprint density at radius 3 is 3.08 bits per heavy atom.